The molecule has 0 radical (unpaired) electrons. The zero-order valence-electron chi connectivity index (χ0n) is 17.5. The van der Waals surface area contributed by atoms with Gasteiger partial charge in [-0.1, -0.05) is 24.3 Å². The van der Waals surface area contributed by atoms with Crippen molar-refractivity contribution in [1.29, 1.82) is 0 Å². The fourth-order valence-corrected chi connectivity index (χ4v) is 4.42. The number of carbonyl (C=O) groups excluding carboxylic acids is 1. The molecule has 2 aromatic carbocycles. The number of hydrogen-bond donors (Lipinski definition) is 1. The van der Waals surface area contributed by atoms with E-state index in [4.69, 9.17) is 13.9 Å². The maximum absolute atomic E-state index is 13.4. The topological polar surface area (TPSA) is 63.9 Å². The molecule has 1 aliphatic heterocycles. The van der Waals surface area contributed by atoms with Gasteiger partial charge in [-0.3, -0.25) is 4.79 Å². The molecule has 3 heterocycles. The average Bonchev–Trinajstić information content (AvgIpc) is 3.54. The first-order valence-corrected chi connectivity index (χ1v) is 11.1. The summed E-state index contributed by atoms with van der Waals surface area (Å²) in [6.07, 6.45) is 1.23. The van der Waals surface area contributed by atoms with Crippen molar-refractivity contribution in [1.82, 2.24) is 4.90 Å². The normalized spacial score (nSPS) is 15.2. The lowest BCUT2D eigenvalue weighted by Crippen LogP contribution is -2.42. The summed E-state index contributed by atoms with van der Waals surface area (Å²) in [7, 11) is 1.62. The van der Waals surface area contributed by atoms with E-state index in [1.807, 2.05) is 72.1 Å². The van der Waals surface area contributed by atoms with Gasteiger partial charge >= 0.3 is 0 Å². The summed E-state index contributed by atoms with van der Waals surface area (Å²) in [4.78, 5) is 16.3. The van der Waals surface area contributed by atoms with E-state index in [1.165, 1.54) is 0 Å². The van der Waals surface area contributed by atoms with E-state index in [9.17, 15) is 4.79 Å². The molecule has 0 saturated heterocycles. The Labute approximate surface area is 190 Å². The Morgan fingerprint density at radius 1 is 1.06 bits per heavy atom. The molecule has 0 unspecified atom stereocenters. The van der Waals surface area contributed by atoms with Crippen LogP contribution in [0.3, 0.4) is 0 Å². The number of amides is 1. The summed E-state index contributed by atoms with van der Waals surface area (Å²) < 4.78 is 17.1. The van der Waals surface area contributed by atoms with Gasteiger partial charge in [0.1, 0.15) is 18.5 Å². The molecule has 5 rings (SSSR count). The number of ether oxygens (including phenoxy) is 2. The number of carbonyl (C=O) groups is 1. The third-order valence-corrected chi connectivity index (χ3v) is 6.23. The minimum absolute atomic E-state index is 0.0576. The summed E-state index contributed by atoms with van der Waals surface area (Å²) in [6.45, 7) is 0.822. The molecule has 1 aliphatic rings. The molecule has 0 fully saturated rings. The van der Waals surface area contributed by atoms with Gasteiger partial charge in [0, 0.05) is 10.6 Å². The molecular formula is C25H22N2O4S. The first-order chi connectivity index (χ1) is 15.7. The van der Waals surface area contributed by atoms with Crippen LogP contribution >= 0.6 is 11.3 Å². The van der Waals surface area contributed by atoms with Crippen LogP contribution in [0.4, 0.5) is 5.69 Å². The van der Waals surface area contributed by atoms with Crippen molar-refractivity contribution in [2.75, 3.05) is 12.4 Å². The zero-order valence-corrected chi connectivity index (χ0v) is 18.3. The highest BCUT2D eigenvalue weighted by molar-refractivity contribution is 7.09. The fraction of sp³-hybridized carbons (Fsp3) is 0.160. The number of thiophene rings is 1. The summed E-state index contributed by atoms with van der Waals surface area (Å²) >= 11 is 1.65. The van der Waals surface area contributed by atoms with Crippen LogP contribution in [0.15, 0.2) is 82.8 Å². The Kier molecular flexibility index (Phi) is 5.56. The van der Waals surface area contributed by atoms with Gasteiger partial charge in [0.25, 0.3) is 5.91 Å². The van der Waals surface area contributed by atoms with E-state index in [0.717, 1.165) is 16.1 Å². The molecular weight excluding hydrogens is 424 g/mol. The largest absolute Gasteiger partial charge is 0.493 e. The number of methoxy groups -OCH3 is 1. The maximum Gasteiger partial charge on any atom is 0.258 e. The van der Waals surface area contributed by atoms with Gasteiger partial charge in [-0.05, 0) is 53.4 Å². The highest BCUT2D eigenvalue weighted by Crippen LogP contribution is 2.38. The highest BCUT2D eigenvalue weighted by Gasteiger charge is 2.33. The number of benzene rings is 2. The lowest BCUT2D eigenvalue weighted by atomic mass is 10.0. The van der Waals surface area contributed by atoms with Crippen molar-refractivity contribution in [3.05, 3.63) is 100 Å². The second-order valence-electron chi connectivity index (χ2n) is 7.38. The van der Waals surface area contributed by atoms with Gasteiger partial charge in [-0.25, -0.2) is 0 Å². The zero-order chi connectivity index (χ0) is 21.9. The molecule has 162 valence electrons. The molecule has 6 nitrogen and oxygen atoms in total. The average molecular weight is 447 g/mol. The van der Waals surface area contributed by atoms with E-state index in [2.05, 4.69) is 5.32 Å². The van der Waals surface area contributed by atoms with Crippen molar-refractivity contribution in [2.45, 2.75) is 19.3 Å². The predicted molar refractivity (Wildman–Crippen MR) is 123 cm³/mol. The lowest BCUT2D eigenvalue weighted by Gasteiger charge is -2.37. The number of para-hydroxylation sites is 1. The minimum Gasteiger partial charge on any atom is -0.493 e. The second-order valence-corrected chi connectivity index (χ2v) is 8.42. The van der Waals surface area contributed by atoms with Crippen LogP contribution < -0.4 is 14.8 Å². The minimum atomic E-state index is -0.386. The van der Waals surface area contributed by atoms with E-state index in [0.29, 0.717) is 36.0 Å². The SMILES string of the molecule is COc1cc([C@H]2Nc3ccccc3C(=O)N2Cc2ccco2)ccc1OCc1cccs1. The van der Waals surface area contributed by atoms with Gasteiger partial charge in [0.15, 0.2) is 11.5 Å². The van der Waals surface area contributed by atoms with Crippen LogP contribution in [0.2, 0.25) is 0 Å². The molecule has 0 aliphatic carbocycles. The van der Waals surface area contributed by atoms with Crippen molar-refractivity contribution < 1.29 is 18.7 Å². The molecule has 1 atom stereocenters. The van der Waals surface area contributed by atoms with Crippen LogP contribution in [-0.4, -0.2) is 17.9 Å². The van der Waals surface area contributed by atoms with Crippen LogP contribution in [0, 0.1) is 0 Å². The van der Waals surface area contributed by atoms with Gasteiger partial charge in [-0.15, -0.1) is 11.3 Å². The molecule has 0 bridgehead atoms. The van der Waals surface area contributed by atoms with Crippen LogP contribution in [0.1, 0.15) is 32.7 Å². The van der Waals surface area contributed by atoms with E-state index < -0.39 is 0 Å². The third kappa shape index (κ3) is 3.94. The quantitative estimate of drug-likeness (QED) is 0.395. The Morgan fingerprint density at radius 3 is 2.75 bits per heavy atom. The molecule has 1 N–H and O–H groups in total. The molecule has 32 heavy (non-hydrogen) atoms. The van der Waals surface area contributed by atoms with E-state index in [-0.39, 0.29) is 12.1 Å². The Morgan fingerprint density at radius 2 is 1.97 bits per heavy atom. The maximum atomic E-state index is 13.4. The summed E-state index contributed by atoms with van der Waals surface area (Å²) in [6, 6.07) is 21.0. The van der Waals surface area contributed by atoms with Gasteiger partial charge in [0.2, 0.25) is 0 Å². The summed E-state index contributed by atoms with van der Waals surface area (Å²) in [5, 5.41) is 5.52. The highest BCUT2D eigenvalue weighted by atomic mass is 32.1. The molecule has 0 spiro atoms. The van der Waals surface area contributed by atoms with Crippen LogP contribution in [0.5, 0.6) is 11.5 Å². The number of anilines is 1. The first kappa shape index (κ1) is 20.2. The van der Waals surface area contributed by atoms with Crippen LogP contribution in [0.25, 0.3) is 0 Å². The number of rotatable bonds is 7. The number of hydrogen-bond acceptors (Lipinski definition) is 6. The second kappa shape index (κ2) is 8.80. The summed E-state index contributed by atoms with van der Waals surface area (Å²) in [5.41, 5.74) is 2.33. The van der Waals surface area contributed by atoms with Crippen molar-refractivity contribution in [3.63, 3.8) is 0 Å². The number of nitrogens with zero attached hydrogens (tertiary/aromatic N) is 1. The number of furan rings is 1. The Bertz CT molecular complexity index is 1200. The molecule has 7 heteroatoms. The van der Waals surface area contributed by atoms with Crippen LogP contribution in [-0.2, 0) is 13.2 Å². The monoisotopic (exact) mass is 446 g/mol. The number of nitrogens with one attached hydrogen (secondary N) is 1. The van der Waals surface area contributed by atoms with Crippen molar-refractivity contribution in [2.24, 2.45) is 0 Å². The van der Waals surface area contributed by atoms with Gasteiger partial charge in [0.05, 0.1) is 25.5 Å². The molecule has 0 saturated carbocycles. The number of fused-ring (bicyclic) bond motifs is 1. The van der Waals surface area contributed by atoms with Crippen molar-refractivity contribution in [3.8, 4) is 11.5 Å². The molecule has 4 aromatic rings. The van der Waals surface area contributed by atoms with Crippen molar-refractivity contribution >= 4 is 22.9 Å². The van der Waals surface area contributed by atoms with Gasteiger partial charge in [-0.2, -0.15) is 0 Å². The Balaban J connectivity index is 1.47. The van der Waals surface area contributed by atoms with E-state index in [1.54, 1.807) is 29.6 Å². The summed E-state index contributed by atoms with van der Waals surface area (Å²) in [5.74, 6) is 1.93. The third-order valence-electron chi connectivity index (χ3n) is 5.38. The smallest absolute Gasteiger partial charge is 0.258 e. The predicted octanol–water partition coefficient (Wildman–Crippen LogP) is 5.70. The molecule has 2 aromatic heterocycles. The van der Waals surface area contributed by atoms with Gasteiger partial charge < -0.3 is 24.1 Å². The van der Waals surface area contributed by atoms with E-state index >= 15 is 0 Å². The first-order valence-electron chi connectivity index (χ1n) is 10.2. The standard InChI is InChI=1S/C25H22N2O4S/c1-29-23-14-17(10-11-22(23)31-16-19-7-5-13-32-19)24-26-21-9-3-2-8-20(21)25(28)27(24)15-18-6-4-12-30-18/h2-14,24,26H,15-16H2,1H3/t24-/m0/s1. The lowest BCUT2D eigenvalue weighted by molar-refractivity contribution is 0.0651. The fourth-order valence-electron chi connectivity index (χ4n) is 3.81. The molecule has 1 amide bonds. The Hall–Kier alpha value is -3.71.